The lowest BCUT2D eigenvalue weighted by Crippen LogP contribution is -2.51. The molecule has 4 aliphatic rings. The van der Waals surface area contributed by atoms with Gasteiger partial charge < -0.3 is 4.74 Å². The van der Waals surface area contributed by atoms with Gasteiger partial charge in [0.1, 0.15) is 6.10 Å². The Bertz CT molecular complexity index is 1550. The number of carbonyl (C=O) groups is 1. The molecular weight excluding hydrogens is 472 g/mol. The number of allylic oxidation sites excluding steroid dienone is 1. The Hall–Kier alpha value is -3.46. The number of carbonyl (C=O) groups excluding carboxylic acids is 1. The van der Waals surface area contributed by atoms with Gasteiger partial charge in [-0.2, -0.15) is 10.4 Å². The highest BCUT2D eigenvalue weighted by Crippen LogP contribution is 2.64. The first-order chi connectivity index (χ1) is 18.3. The first-order valence-electron chi connectivity index (χ1n) is 14.1. The summed E-state index contributed by atoms with van der Waals surface area (Å²) in [6.07, 6.45) is 12.1. The molecule has 0 unspecified atom stereocenters. The van der Waals surface area contributed by atoms with Crippen molar-refractivity contribution in [1.82, 2.24) is 14.6 Å². The van der Waals surface area contributed by atoms with Crippen molar-refractivity contribution in [3.05, 3.63) is 65.0 Å². The zero-order valence-corrected chi connectivity index (χ0v) is 22.4. The second kappa shape index (κ2) is 8.27. The molecule has 0 radical (unpaired) electrons. The Balaban J connectivity index is 1.24. The van der Waals surface area contributed by atoms with Gasteiger partial charge in [-0.05, 0) is 79.4 Å². The average molecular weight is 507 g/mol. The number of esters is 1. The Kier molecular flexibility index (Phi) is 5.14. The number of aromatic nitrogens is 3. The molecule has 2 aromatic heterocycles. The highest BCUT2D eigenvalue weighted by molar-refractivity contribution is 5.67. The van der Waals surface area contributed by atoms with Gasteiger partial charge in [0.05, 0.1) is 23.0 Å². The molecular formula is C32H34N4O2. The molecule has 0 amide bonds. The van der Waals surface area contributed by atoms with Crippen molar-refractivity contribution < 1.29 is 9.53 Å². The summed E-state index contributed by atoms with van der Waals surface area (Å²) in [5.41, 5.74) is 7.81. The quantitative estimate of drug-likeness (QED) is 0.306. The van der Waals surface area contributed by atoms with Gasteiger partial charge in [-0.1, -0.05) is 37.6 Å². The van der Waals surface area contributed by atoms with E-state index in [1.807, 2.05) is 24.3 Å². The summed E-state index contributed by atoms with van der Waals surface area (Å²) >= 11 is 0. The highest BCUT2D eigenvalue weighted by Gasteiger charge is 2.58. The maximum Gasteiger partial charge on any atom is 0.302 e. The average Bonchev–Trinajstić information content (AvgIpc) is 3.47. The molecule has 3 aromatic rings. The molecule has 1 aromatic carbocycles. The van der Waals surface area contributed by atoms with Crippen LogP contribution in [-0.2, 0) is 21.4 Å². The van der Waals surface area contributed by atoms with Gasteiger partial charge in [0.2, 0.25) is 0 Å². The molecule has 2 fully saturated rings. The lowest BCUT2D eigenvalue weighted by atomic mass is 9.48. The van der Waals surface area contributed by atoms with E-state index in [2.05, 4.69) is 42.8 Å². The van der Waals surface area contributed by atoms with Crippen LogP contribution >= 0.6 is 0 Å². The predicted molar refractivity (Wildman–Crippen MR) is 144 cm³/mol. The van der Waals surface area contributed by atoms with Gasteiger partial charge in [-0.25, -0.2) is 9.50 Å². The van der Waals surface area contributed by atoms with Crippen LogP contribution in [0.15, 0.2) is 48.2 Å². The zero-order chi connectivity index (χ0) is 26.2. The van der Waals surface area contributed by atoms with E-state index in [0.717, 1.165) is 55.4 Å². The van der Waals surface area contributed by atoms with E-state index in [9.17, 15) is 10.1 Å². The minimum Gasteiger partial charge on any atom is -0.462 e. The number of benzene rings is 1. The van der Waals surface area contributed by atoms with E-state index in [1.165, 1.54) is 30.2 Å². The molecule has 2 heterocycles. The standard InChI is InChI=1S/C32H34N4O2/c1-19(37)38-24-9-11-31(2)23(15-24)7-8-25-26(31)10-12-32(3)27(25)14-22-18-34-29-16-28(35-36(29)30(22)32)21-6-4-5-20(13-21)17-33/h4-7,13,16,18,24-27H,8-12,14-15H2,1-3H3/t24-,25+,26-,27-,31-,32-/m0/s1. The number of rotatable bonds is 2. The number of ether oxygens (including phenoxy) is 1. The van der Waals surface area contributed by atoms with Gasteiger partial charge in [0, 0.05) is 36.6 Å². The van der Waals surface area contributed by atoms with Crippen molar-refractivity contribution in [1.29, 1.82) is 5.26 Å². The lowest BCUT2D eigenvalue weighted by Gasteiger charge is -2.57. The zero-order valence-electron chi connectivity index (χ0n) is 22.4. The fraction of sp³-hybridized carbons (Fsp3) is 0.500. The van der Waals surface area contributed by atoms with Gasteiger partial charge in [-0.15, -0.1) is 0 Å². The number of nitrogens with zero attached hydrogens (tertiary/aromatic N) is 4. The van der Waals surface area contributed by atoms with Crippen molar-refractivity contribution in [2.45, 2.75) is 77.2 Å². The van der Waals surface area contributed by atoms with E-state index < -0.39 is 0 Å². The van der Waals surface area contributed by atoms with Crippen LogP contribution in [-0.4, -0.2) is 26.7 Å². The summed E-state index contributed by atoms with van der Waals surface area (Å²) in [5, 5.41) is 14.4. The fourth-order valence-corrected chi connectivity index (χ4v) is 8.81. The molecule has 2 saturated carbocycles. The fourth-order valence-electron chi connectivity index (χ4n) is 8.81. The maximum absolute atomic E-state index is 11.6. The number of hydrogen-bond donors (Lipinski definition) is 0. The second-order valence-electron chi connectivity index (χ2n) is 12.5. The molecule has 0 spiro atoms. The SMILES string of the molecule is CC(=O)O[C@H]1CC[C@@]2(C)C(=CC[C@@H]3[C@@H]2CC[C@]2(C)c4c(cnc5cc(-c6cccc(C#N)c6)nn45)C[C@@H]32)C1. The van der Waals surface area contributed by atoms with Crippen molar-refractivity contribution in [2.24, 2.45) is 23.2 Å². The van der Waals surface area contributed by atoms with Crippen LogP contribution in [0.2, 0.25) is 0 Å². The maximum atomic E-state index is 11.6. The smallest absolute Gasteiger partial charge is 0.302 e. The first-order valence-corrected chi connectivity index (χ1v) is 14.1. The molecule has 4 aliphatic carbocycles. The summed E-state index contributed by atoms with van der Waals surface area (Å²) < 4.78 is 7.74. The molecule has 0 aliphatic heterocycles. The molecule has 194 valence electrons. The summed E-state index contributed by atoms with van der Waals surface area (Å²) in [7, 11) is 0. The molecule has 7 rings (SSSR count). The third-order valence-corrected chi connectivity index (χ3v) is 10.6. The molecule has 0 bridgehead atoms. The van der Waals surface area contributed by atoms with Crippen LogP contribution in [0.25, 0.3) is 16.9 Å². The third kappa shape index (κ3) is 3.33. The molecule has 6 nitrogen and oxygen atoms in total. The summed E-state index contributed by atoms with van der Waals surface area (Å²) in [5.74, 6) is 1.71. The molecule has 0 saturated heterocycles. The summed E-state index contributed by atoms with van der Waals surface area (Å²) in [6.45, 7) is 6.48. The molecule has 6 heteroatoms. The van der Waals surface area contributed by atoms with Gasteiger partial charge in [0.25, 0.3) is 0 Å². The molecule has 0 N–H and O–H groups in total. The van der Waals surface area contributed by atoms with Crippen LogP contribution in [0, 0.1) is 34.5 Å². The van der Waals surface area contributed by atoms with Gasteiger partial charge in [-0.3, -0.25) is 4.79 Å². The molecule has 38 heavy (non-hydrogen) atoms. The van der Waals surface area contributed by atoms with E-state index in [4.69, 9.17) is 14.8 Å². The largest absolute Gasteiger partial charge is 0.462 e. The van der Waals surface area contributed by atoms with E-state index in [1.54, 1.807) is 0 Å². The van der Waals surface area contributed by atoms with E-state index in [-0.39, 0.29) is 22.9 Å². The normalized spacial score (nSPS) is 33.4. The Morgan fingerprint density at radius 2 is 1.97 bits per heavy atom. The van der Waals surface area contributed by atoms with Crippen molar-refractivity contribution >= 4 is 11.6 Å². The topological polar surface area (TPSA) is 80.3 Å². The minimum atomic E-state index is -0.162. The van der Waals surface area contributed by atoms with Crippen LogP contribution in [0.1, 0.15) is 76.1 Å². The van der Waals surface area contributed by atoms with Crippen LogP contribution in [0.3, 0.4) is 0 Å². The van der Waals surface area contributed by atoms with Crippen LogP contribution < -0.4 is 0 Å². The predicted octanol–water partition coefficient (Wildman–Crippen LogP) is 6.18. The molecule has 6 atom stereocenters. The van der Waals surface area contributed by atoms with Crippen molar-refractivity contribution in [2.75, 3.05) is 0 Å². The Morgan fingerprint density at radius 3 is 2.79 bits per heavy atom. The summed E-state index contributed by atoms with van der Waals surface area (Å²) in [6, 6.07) is 12.0. The highest BCUT2D eigenvalue weighted by atomic mass is 16.5. The van der Waals surface area contributed by atoms with Crippen molar-refractivity contribution in [3.8, 4) is 17.3 Å². The lowest BCUT2D eigenvalue weighted by molar-refractivity contribution is -0.148. The third-order valence-electron chi connectivity index (χ3n) is 10.6. The second-order valence-corrected chi connectivity index (χ2v) is 12.5. The number of nitriles is 1. The van der Waals surface area contributed by atoms with Gasteiger partial charge in [0.15, 0.2) is 5.65 Å². The number of fused-ring (bicyclic) bond motifs is 9. The Labute approximate surface area is 223 Å². The Morgan fingerprint density at radius 1 is 1.13 bits per heavy atom. The summed E-state index contributed by atoms with van der Waals surface area (Å²) in [4.78, 5) is 16.4. The number of hydrogen-bond acceptors (Lipinski definition) is 5. The van der Waals surface area contributed by atoms with E-state index in [0.29, 0.717) is 23.3 Å². The van der Waals surface area contributed by atoms with Crippen molar-refractivity contribution in [3.63, 3.8) is 0 Å². The van der Waals surface area contributed by atoms with E-state index >= 15 is 0 Å². The van der Waals surface area contributed by atoms with Crippen LogP contribution in [0.4, 0.5) is 0 Å². The first kappa shape index (κ1) is 23.6. The monoisotopic (exact) mass is 506 g/mol. The van der Waals surface area contributed by atoms with Gasteiger partial charge >= 0.3 is 5.97 Å². The minimum absolute atomic E-state index is 0.0372. The van der Waals surface area contributed by atoms with Crippen LogP contribution in [0.5, 0.6) is 0 Å².